The summed E-state index contributed by atoms with van der Waals surface area (Å²) in [6, 6.07) is 4.66. The van der Waals surface area contributed by atoms with Gasteiger partial charge >= 0.3 is 12.1 Å². The van der Waals surface area contributed by atoms with Gasteiger partial charge in [0.2, 0.25) is 5.91 Å². The van der Waals surface area contributed by atoms with Gasteiger partial charge in [-0.25, -0.2) is 4.79 Å². The Morgan fingerprint density at radius 2 is 1.93 bits per heavy atom. The highest BCUT2D eigenvalue weighted by Crippen LogP contribution is 2.32. The molecule has 0 spiro atoms. The molecule has 1 heterocycles. The molecule has 0 radical (unpaired) electrons. The Morgan fingerprint density at radius 1 is 1.21 bits per heavy atom. The topological polar surface area (TPSA) is 97.4 Å². The van der Waals surface area contributed by atoms with Crippen LogP contribution in [-0.4, -0.2) is 35.9 Å². The molecule has 10 heteroatoms. The summed E-state index contributed by atoms with van der Waals surface area (Å²) in [5, 5.41) is 4.59. The van der Waals surface area contributed by atoms with Crippen molar-refractivity contribution in [1.29, 1.82) is 0 Å². The van der Waals surface area contributed by atoms with Crippen molar-refractivity contribution in [2.45, 2.75) is 25.6 Å². The molecule has 0 saturated carbocycles. The number of anilines is 1. The van der Waals surface area contributed by atoms with Gasteiger partial charge in [0.1, 0.15) is 6.04 Å². The van der Waals surface area contributed by atoms with Crippen LogP contribution in [-0.2, 0) is 26.9 Å². The fraction of sp³-hybridized carbons (Fsp3) is 0.263. The number of benzene rings is 1. The number of carbonyl (C=O) groups excluding carboxylic acids is 3. The van der Waals surface area contributed by atoms with E-state index in [0.717, 1.165) is 19.2 Å². The molecular formula is C19H18F3N3O4. The first kappa shape index (κ1) is 21.9. The molecule has 29 heavy (non-hydrogen) atoms. The van der Waals surface area contributed by atoms with Gasteiger partial charge in [-0.1, -0.05) is 6.07 Å². The van der Waals surface area contributed by atoms with Gasteiger partial charge in [-0.05, 0) is 36.8 Å². The Morgan fingerprint density at radius 3 is 2.52 bits per heavy atom. The Bertz CT molecular complexity index is 901. The smallest absolute Gasteiger partial charge is 0.416 e. The SMILES string of the molecule is COC(=O)C(C)NC(=O)c1cc(NC(=O)Cc2cccnc2)cc(C(F)(F)F)c1. The largest absolute Gasteiger partial charge is 0.467 e. The molecule has 1 atom stereocenters. The number of nitrogens with one attached hydrogen (secondary N) is 2. The number of amides is 2. The number of ether oxygens (including phenoxy) is 1. The van der Waals surface area contributed by atoms with Crippen LogP contribution >= 0.6 is 0 Å². The van der Waals surface area contributed by atoms with E-state index in [4.69, 9.17) is 0 Å². The Labute approximate surface area is 164 Å². The summed E-state index contributed by atoms with van der Waals surface area (Å²) in [6.07, 6.45) is -1.87. The lowest BCUT2D eigenvalue weighted by Gasteiger charge is -2.15. The molecule has 154 valence electrons. The van der Waals surface area contributed by atoms with Gasteiger partial charge in [-0.15, -0.1) is 0 Å². The molecule has 2 aromatic rings. The first-order chi connectivity index (χ1) is 13.6. The molecule has 0 saturated heterocycles. The van der Waals surface area contributed by atoms with Crippen molar-refractivity contribution in [2.24, 2.45) is 0 Å². The van der Waals surface area contributed by atoms with Gasteiger partial charge in [0, 0.05) is 23.6 Å². The Kier molecular flexibility index (Phi) is 6.92. The van der Waals surface area contributed by atoms with Gasteiger partial charge < -0.3 is 15.4 Å². The van der Waals surface area contributed by atoms with Gasteiger partial charge in [-0.3, -0.25) is 14.6 Å². The molecule has 1 aromatic heterocycles. The number of hydrogen-bond donors (Lipinski definition) is 2. The molecule has 2 N–H and O–H groups in total. The van der Waals surface area contributed by atoms with Crippen LogP contribution in [0.1, 0.15) is 28.4 Å². The zero-order chi connectivity index (χ0) is 21.6. The summed E-state index contributed by atoms with van der Waals surface area (Å²) >= 11 is 0. The second-order valence-corrected chi connectivity index (χ2v) is 6.10. The van der Waals surface area contributed by atoms with E-state index in [-0.39, 0.29) is 17.7 Å². The lowest BCUT2D eigenvalue weighted by atomic mass is 10.1. The van der Waals surface area contributed by atoms with Crippen molar-refractivity contribution in [3.05, 3.63) is 59.4 Å². The van der Waals surface area contributed by atoms with E-state index in [1.165, 1.54) is 19.3 Å². The average molecular weight is 409 g/mol. The Balaban J connectivity index is 2.25. The third-order valence-electron chi connectivity index (χ3n) is 3.80. The molecule has 2 amide bonds. The van der Waals surface area contributed by atoms with E-state index in [1.54, 1.807) is 12.1 Å². The number of rotatable bonds is 6. The zero-order valence-corrected chi connectivity index (χ0v) is 15.5. The average Bonchev–Trinajstić information content (AvgIpc) is 2.66. The maximum atomic E-state index is 13.2. The normalized spacial score (nSPS) is 12.0. The molecule has 7 nitrogen and oxygen atoms in total. The fourth-order valence-corrected chi connectivity index (χ4v) is 2.40. The number of aromatic nitrogens is 1. The minimum absolute atomic E-state index is 0.106. The molecule has 0 aliphatic rings. The highest BCUT2D eigenvalue weighted by molar-refractivity contribution is 5.99. The number of pyridine rings is 1. The van der Waals surface area contributed by atoms with Gasteiger partial charge in [0.15, 0.2) is 0 Å². The van der Waals surface area contributed by atoms with Crippen LogP contribution in [0.4, 0.5) is 18.9 Å². The minimum atomic E-state index is -4.74. The fourth-order valence-electron chi connectivity index (χ4n) is 2.40. The highest BCUT2D eigenvalue weighted by atomic mass is 19.4. The summed E-state index contributed by atoms with van der Waals surface area (Å²) in [5.74, 6) is -2.25. The van der Waals surface area contributed by atoms with Crippen molar-refractivity contribution in [3.8, 4) is 0 Å². The van der Waals surface area contributed by atoms with Crippen LogP contribution < -0.4 is 10.6 Å². The molecule has 0 fully saturated rings. The van der Waals surface area contributed by atoms with E-state index in [1.807, 2.05) is 0 Å². The quantitative estimate of drug-likeness (QED) is 0.715. The standard InChI is InChI=1S/C19H18F3N3O4/c1-11(18(28)29-2)24-17(27)13-7-14(19(20,21)22)9-15(8-13)25-16(26)6-12-4-3-5-23-10-12/h3-5,7-11H,6H2,1-2H3,(H,24,27)(H,25,26). The van der Waals surface area contributed by atoms with Crippen LogP contribution in [0.15, 0.2) is 42.7 Å². The van der Waals surface area contributed by atoms with E-state index >= 15 is 0 Å². The summed E-state index contributed by atoms with van der Waals surface area (Å²) < 4.78 is 44.1. The zero-order valence-electron chi connectivity index (χ0n) is 15.5. The lowest BCUT2D eigenvalue weighted by Crippen LogP contribution is -2.39. The van der Waals surface area contributed by atoms with Gasteiger partial charge in [0.25, 0.3) is 5.91 Å². The van der Waals surface area contributed by atoms with Gasteiger partial charge in [-0.2, -0.15) is 13.2 Å². The molecule has 1 aromatic carbocycles. The van der Waals surface area contributed by atoms with Crippen molar-refractivity contribution >= 4 is 23.5 Å². The van der Waals surface area contributed by atoms with E-state index in [2.05, 4.69) is 20.4 Å². The Hall–Kier alpha value is -3.43. The van der Waals surface area contributed by atoms with Crippen LogP contribution in [0.2, 0.25) is 0 Å². The van der Waals surface area contributed by atoms with Crippen molar-refractivity contribution in [3.63, 3.8) is 0 Å². The van der Waals surface area contributed by atoms with Crippen molar-refractivity contribution in [2.75, 3.05) is 12.4 Å². The van der Waals surface area contributed by atoms with E-state index in [0.29, 0.717) is 11.6 Å². The number of carbonyl (C=O) groups is 3. The molecule has 0 bridgehead atoms. The summed E-state index contributed by atoms with van der Waals surface area (Å²) in [6.45, 7) is 1.33. The van der Waals surface area contributed by atoms with E-state index < -0.39 is 35.6 Å². The predicted octanol–water partition coefficient (Wildman–Crippen LogP) is 2.57. The highest BCUT2D eigenvalue weighted by Gasteiger charge is 2.32. The molecule has 2 rings (SSSR count). The molecule has 0 aliphatic heterocycles. The number of nitrogens with zero attached hydrogens (tertiary/aromatic N) is 1. The maximum Gasteiger partial charge on any atom is 0.416 e. The first-order valence-electron chi connectivity index (χ1n) is 8.40. The number of alkyl halides is 3. The first-order valence-corrected chi connectivity index (χ1v) is 8.40. The van der Waals surface area contributed by atoms with Crippen LogP contribution in [0.3, 0.4) is 0 Å². The monoisotopic (exact) mass is 409 g/mol. The number of halogens is 3. The van der Waals surface area contributed by atoms with Crippen molar-refractivity contribution in [1.82, 2.24) is 10.3 Å². The molecule has 1 unspecified atom stereocenters. The van der Waals surface area contributed by atoms with Crippen molar-refractivity contribution < 1.29 is 32.3 Å². The lowest BCUT2D eigenvalue weighted by molar-refractivity contribution is -0.142. The second-order valence-electron chi connectivity index (χ2n) is 6.10. The number of esters is 1. The predicted molar refractivity (Wildman–Crippen MR) is 97.0 cm³/mol. The summed E-state index contributed by atoms with van der Waals surface area (Å²) in [4.78, 5) is 39.7. The number of methoxy groups -OCH3 is 1. The summed E-state index contributed by atoms with van der Waals surface area (Å²) in [7, 11) is 1.12. The number of hydrogen-bond acceptors (Lipinski definition) is 5. The third-order valence-corrected chi connectivity index (χ3v) is 3.80. The van der Waals surface area contributed by atoms with E-state index in [9.17, 15) is 27.6 Å². The third kappa shape index (κ3) is 6.30. The maximum absolute atomic E-state index is 13.2. The summed E-state index contributed by atoms with van der Waals surface area (Å²) in [5.41, 5.74) is -1.12. The van der Waals surface area contributed by atoms with Crippen LogP contribution in [0.25, 0.3) is 0 Å². The second kappa shape index (κ2) is 9.18. The molecular weight excluding hydrogens is 391 g/mol. The van der Waals surface area contributed by atoms with Gasteiger partial charge in [0.05, 0.1) is 19.1 Å². The minimum Gasteiger partial charge on any atom is -0.467 e. The van der Waals surface area contributed by atoms with Crippen LogP contribution in [0.5, 0.6) is 0 Å². The molecule has 0 aliphatic carbocycles. The van der Waals surface area contributed by atoms with Crippen LogP contribution in [0, 0.1) is 0 Å².